The molecule has 0 atom stereocenters. The Bertz CT molecular complexity index is 308. The van der Waals surface area contributed by atoms with E-state index in [0.29, 0.717) is 11.5 Å². The van der Waals surface area contributed by atoms with E-state index in [1.54, 1.807) is 18.2 Å². The molecule has 3 heteroatoms. The lowest BCUT2D eigenvalue weighted by atomic mass is 10.0. The predicted molar refractivity (Wildman–Crippen MR) is 51.3 cm³/mol. The molecule has 0 aliphatic rings. The highest BCUT2D eigenvalue weighted by atomic mass is 16.6. The summed E-state index contributed by atoms with van der Waals surface area (Å²) in [6.07, 6.45) is 1.89. The first-order valence-corrected chi connectivity index (χ1v) is 4.19. The van der Waals surface area contributed by atoms with E-state index in [9.17, 15) is 10.1 Å². The summed E-state index contributed by atoms with van der Waals surface area (Å²) in [7, 11) is 0. The molecule has 1 aromatic rings. The first-order valence-electron chi connectivity index (χ1n) is 4.19. The molecular formula is C10H12NO2. The van der Waals surface area contributed by atoms with Crippen molar-refractivity contribution in [2.75, 3.05) is 0 Å². The van der Waals surface area contributed by atoms with Gasteiger partial charge in [-0.15, -0.1) is 0 Å². The fraction of sp³-hybridized carbons (Fsp3) is 0.300. The van der Waals surface area contributed by atoms with Gasteiger partial charge >= 0.3 is 0 Å². The third-order valence-corrected chi connectivity index (χ3v) is 1.65. The molecular weight excluding hydrogens is 166 g/mol. The summed E-state index contributed by atoms with van der Waals surface area (Å²) in [5, 5.41) is 10.6. The smallest absolute Gasteiger partial charge is 0.258 e. The fourth-order valence-corrected chi connectivity index (χ4v) is 1.15. The lowest BCUT2D eigenvalue weighted by Crippen LogP contribution is -1.97. The van der Waals surface area contributed by atoms with E-state index in [1.165, 1.54) is 6.07 Å². The van der Waals surface area contributed by atoms with Crippen LogP contribution in [0.3, 0.4) is 0 Å². The van der Waals surface area contributed by atoms with E-state index in [-0.39, 0.29) is 10.6 Å². The largest absolute Gasteiger partial charge is 0.272 e. The molecule has 0 spiro atoms. The Hall–Kier alpha value is -1.38. The molecule has 1 radical (unpaired) electrons. The van der Waals surface area contributed by atoms with Crippen LogP contribution < -0.4 is 0 Å². The molecule has 0 aliphatic carbocycles. The molecule has 0 unspecified atom stereocenters. The number of para-hydroxylation sites is 1. The van der Waals surface area contributed by atoms with Crippen LogP contribution in [0.4, 0.5) is 5.69 Å². The molecule has 1 rings (SSSR count). The second kappa shape index (κ2) is 4.03. The van der Waals surface area contributed by atoms with Gasteiger partial charge in [-0.25, -0.2) is 0 Å². The predicted octanol–water partition coefficient (Wildman–Crippen LogP) is 2.80. The minimum atomic E-state index is -0.353. The van der Waals surface area contributed by atoms with Crippen molar-refractivity contribution < 1.29 is 4.92 Å². The van der Waals surface area contributed by atoms with Crippen LogP contribution in [0.25, 0.3) is 0 Å². The van der Waals surface area contributed by atoms with Gasteiger partial charge in [-0.1, -0.05) is 32.0 Å². The van der Waals surface area contributed by atoms with Crippen molar-refractivity contribution in [3.63, 3.8) is 0 Å². The maximum Gasteiger partial charge on any atom is 0.272 e. The Labute approximate surface area is 77.5 Å². The van der Waals surface area contributed by atoms with Gasteiger partial charge in [0, 0.05) is 18.1 Å². The minimum absolute atomic E-state index is 0.177. The summed E-state index contributed by atoms with van der Waals surface area (Å²) < 4.78 is 0. The molecule has 0 fully saturated rings. The van der Waals surface area contributed by atoms with E-state index in [2.05, 4.69) is 0 Å². The number of nitrogens with zero attached hydrogens (tertiary/aromatic N) is 1. The Balaban J connectivity index is 2.98. The summed E-state index contributed by atoms with van der Waals surface area (Å²) in [6.45, 7) is 3.99. The van der Waals surface area contributed by atoms with Gasteiger partial charge in [-0.2, -0.15) is 0 Å². The van der Waals surface area contributed by atoms with Crippen LogP contribution in [0, 0.1) is 22.5 Å². The highest BCUT2D eigenvalue weighted by molar-refractivity contribution is 5.44. The highest BCUT2D eigenvalue weighted by Gasteiger charge is 2.12. The van der Waals surface area contributed by atoms with Gasteiger partial charge in [0.2, 0.25) is 0 Å². The van der Waals surface area contributed by atoms with Crippen molar-refractivity contribution in [2.24, 2.45) is 5.92 Å². The molecule has 0 saturated heterocycles. The number of hydrogen-bond donors (Lipinski definition) is 0. The van der Waals surface area contributed by atoms with Crippen molar-refractivity contribution in [1.82, 2.24) is 0 Å². The van der Waals surface area contributed by atoms with E-state index in [4.69, 9.17) is 0 Å². The molecule has 1 aromatic carbocycles. The third kappa shape index (κ3) is 2.54. The molecule has 0 bridgehead atoms. The highest BCUT2D eigenvalue weighted by Crippen LogP contribution is 2.21. The van der Waals surface area contributed by atoms with Gasteiger partial charge in [0.05, 0.1) is 4.92 Å². The van der Waals surface area contributed by atoms with Crippen LogP contribution in [0.1, 0.15) is 19.4 Å². The Kier molecular flexibility index (Phi) is 3.01. The van der Waals surface area contributed by atoms with Gasteiger partial charge in [-0.3, -0.25) is 10.1 Å². The standard InChI is InChI=1S/C10H12NO2/c1-8(2)7-9-5-3-4-6-10(9)11(12)13/h3-8H,1-2H3. The topological polar surface area (TPSA) is 43.1 Å². The van der Waals surface area contributed by atoms with Crippen molar-refractivity contribution in [2.45, 2.75) is 13.8 Å². The Morgan fingerprint density at radius 3 is 2.54 bits per heavy atom. The molecule has 69 valence electrons. The number of nitro groups is 1. The lowest BCUT2D eigenvalue weighted by molar-refractivity contribution is -0.385. The quantitative estimate of drug-likeness (QED) is 0.527. The fourth-order valence-electron chi connectivity index (χ4n) is 1.15. The third-order valence-electron chi connectivity index (χ3n) is 1.65. The monoisotopic (exact) mass is 178 g/mol. The van der Waals surface area contributed by atoms with Gasteiger partial charge in [0.1, 0.15) is 0 Å². The van der Waals surface area contributed by atoms with Crippen LogP contribution in [-0.2, 0) is 0 Å². The minimum Gasteiger partial charge on any atom is -0.258 e. The molecule has 0 N–H and O–H groups in total. The summed E-state index contributed by atoms with van der Waals surface area (Å²) >= 11 is 0. The first-order chi connectivity index (χ1) is 6.11. The lowest BCUT2D eigenvalue weighted by Gasteiger charge is -2.04. The second-order valence-corrected chi connectivity index (χ2v) is 3.23. The zero-order chi connectivity index (χ0) is 9.84. The number of hydrogen-bond acceptors (Lipinski definition) is 2. The van der Waals surface area contributed by atoms with Gasteiger partial charge in [-0.05, 0) is 5.92 Å². The van der Waals surface area contributed by atoms with Gasteiger partial charge < -0.3 is 0 Å². The summed E-state index contributed by atoms with van der Waals surface area (Å²) in [6, 6.07) is 6.77. The summed E-state index contributed by atoms with van der Waals surface area (Å²) in [4.78, 5) is 10.2. The number of rotatable bonds is 3. The first kappa shape index (κ1) is 9.71. The Morgan fingerprint density at radius 1 is 1.38 bits per heavy atom. The summed E-state index contributed by atoms with van der Waals surface area (Å²) in [5.74, 6) is 0.320. The summed E-state index contributed by atoms with van der Waals surface area (Å²) in [5.41, 5.74) is 0.874. The average molecular weight is 178 g/mol. The van der Waals surface area contributed by atoms with Crippen LogP contribution >= 0.6 is 0 Å². The maximum atomic E-state index is 10.6. The molecule has 0 saturated carbocycles. The number of nitro benzene ring substituents is 1. The zero-order valence-electron chi connectivity index (χ0n) is 7.73. The number of benzene rings is 1. The van der Waals surface area contributed by atoms with Crippen molar-refractivity contribution >= 4 is 5.69 Å². The van der Waals surface area contributed by atoms with Crippen LogP contribution in [-0.4, -0.2) is 4.92 Å². The van der Waals surface area contributed by atoms with E-state index < -0.39 is 0 Å². The molecule has 0 heterocycles. The van der Waals surface area contributed by atoms with Gasteiger partial charge in [0.25, 0.3) is 5.69 Å². The van der Waals surface area contributed by atoms with E-state index >= 15 is 0 Å². The molecule has 0 aromatic heterocycles. The van der Waals surface area contributed by atoms with Gasteiger partial charge in [0.15, 0.2) is 0 Å². The zero-order valence-corrected chi connectivity index (χ0v) is 7.73. The molecule has 13 heavy (non-hydrogen) atoms. The average Bonchev–Trinajstić information content (AvgIpc) is 2.03. The van der Waals surface area contributed by atoms with Crippen molar-refractivity contribution in [3.05, 3.63) is 46.4 Å². The van der Waals surface area contributed by atoms with Crippen LogP contribution in [0.2, 0.25) is 0 Å². The van der Waals surface area contributed by atoms with Crippen molar-refractivity contribution in [3.8, 4) is 0 Å². The van der Waals surface area contributed by atoms with Crippen molar-refractivity contribution in [1.29, 1.82) is 0 Å². The maximum absolute atomic E-state index is 10.6. The van der Waals surface area contributed by atoms with E-state index in [0.717, 1.165) is 0 Å². The molecule has 0 aliphatic heterocycles. The normalized spacial score (nSPS) is 10.4. The van der Waals surface area contributed by atoms with E-state index in [1.807, 2.05) is 20.3 Å². The second-order valence-electron chi connectivity index (χ2n) is 3.23. The SMILES string of the molecule is CC(C)[CH]c1ccccc1[N+](=O)[O-]. The van der Waals surface area contributed by atoms with Crippen LogP contribution in [0.15, 0.2) is 24.3 Å². The van der Waals surface area contributed by atoms with Crippen LogP contribution in [0.5, 0.6) is 0 Å². The molecule has 3 nitrogen and oxygen atoms in total. The molecule has 0 amide bonds. The Morgan fingerprint density at radius 2 is 2.00 bits per heavy atom.